The molecule has 2 aliphatic carbocycles. The third-order valence-electron chi connectivity index (χ3n) is 4.81. The fourth-order valence-electron chi connectivity index (χ4n) is 2.85. The third kappa shape index (κ3) is 32.9. The summed E-state index contributed by atoms with van der Waals surface area (Å²) in [5.74, 6) is -3.25. The van der Waals surface area contributed by atoms with Gasteiger partial charge in [0.2, 0.25) is 0 Å². The quantitative estimate of drug-likeness (QED) is 0.120. The summed E-state index contributed by atoms with van der Waals surface area (Å²) < 4.78 is 26.8. The van der Waals surface area contributed by atoms with Crippen LogP contribution in [0, 0.1) is 0 Å². The smallest absolute Gasteiger partial charge is 0.334 e. The molecule has 20 heteroatoms. The van der Waals surface area contributed by atoms with Gasteiger partial charge >= 0.3 is 11.9 Å². The second kappa shape index (κ2) is 23.8. The summed E-state index contributed by atoms with van der Waals surface area (Å²) in [6.45, 7) is -1.99. The molecule has 2 fully saturated rings. The molecule has 16 N–H and O–H groups in total. The Kier molecular flexibility index (Phi) is 27.5. The SMILES string of the molecule is O.O.O=C(O)[C@H](O)COP(=O)([O-])O.O=C(O)[C@H](O)COP(=O)([O-])O.[NH3+]C1CCCCC1.[NH3+]C1CCCCC1. The summed E-state index contributed by atoms with van der Waals surface area (Å²) >= 11 is 0. The fourth-order valence-corrected chi connectivity index (χ4v) is 3.51. The number of hydrogen-bond acceptors (Lipinski definition) is 10. The second-order valence-corrected chi connectivity index (χ2v) is 10.6. The van der Waals surface area contributed by atoms with Gasteiger partial charge in [-0.05, 0) is 51.4 Å². The van der Waals surface area contributed by atoms with Crippen molar-refractivity contribution in [2.45, 2.75) is 88.5 Å². The van der Waals surface area contributed by atoms with E-state index in [4.69, 9.17) is 30.2 Å². The number of quaternary nitrogens is 2. The third-order valence-corrected chi connectivity index (χ3v) is 5.76. The number of aliphatic hydroxyl groups excluding tert-OH is 2. The van der Waals surface area contributed by atoms with Gasteiger partial charge in [-0.15, -0.1) is 0 Å². The number of phosphoric ester groups is 2. The van der Waals surface area contributed by atoms with Gasteiger partial charge in [0.05, 0.1) is 25.3 Å². The summed E-state index contributed by atoms with van der Waals surface area (Å²) in [6, 6.07) is 1.57. The lowest BCUT2D eigenvalue weighted by atomic mass is 9.97. The molecular formula is C18H44N2O16P2. The number of aliphatic hydroxyl groups is 2. The van der Waals surface area contributed by atoms with Gasteiger partial charge in [-0.1, -0.05) is 12.8 Å². The number of aliphatic carboxylic acids is 2. The van der Waals surface area contributed by atoms with Gasteiger partial charge in [-0.2, -0.15) is 0 Å². The van der Waals surface area contributed by atoms with Gasteiger partial charge in [0.15, 0.2) is 12.2 Å². The van der Waals surface area contributed by atoms with Crippen molar-refractivity contribution in [1.82, 2.24) is 0 Å². The van der Waals surface area contributed by atoms with Crippen molar-refractivity contribution in [3.63, 3.8) is 0 Å². The molecule has 4 atom stereocenters. The molecule has 0 radical (unpaired) electrons. The van der Waals surface area contributed by atoms with E-state index in [-0.39, 0.29) is 11.0 Å². The Bertz CT molecular complexity index is 634. The van der Waals surface area contributed by atoms with E-state index in [0.717, 1.165) is 12.1 Å². The first-order valence-electron chi connectivity index (χ1n) is 11.3. The highest BCUT2D eigenvalue weighted by Crippen LogP contribution is 2.30. The molecule has 38 heavy (non-hydrogen) atoms. The predicted molar refractivity (Wildman–Crippen MR) is 126 cm³/mol. The van der Waals surface area contributed by atoms with E-state index in [1.807, 2.05) is 0 Å². The summed E-state index contributed by atoms with van der Waals surface area (Å²) in [5.41, 5.74) is 8.00. The topological polar surface area (TPSA) is 373 Å². The molecule has 2 aliphatic rings. The molecule has 0 aromatic rings. The average Bonchev–Trinajstić information content (AvgIpc) is 2.77. The molecule has 18 nitrogen and oxygen atoms in total. The molecule has 0 heterocycles. The van der Waals surface area contributed by atoms with Gasteiger partial charge in [-0.3, -0.25) is 9.13 Å². The molecule has 2 rings (SSSR count). The van der Waals surface area contributed by atoms with Crippen molar-refractivity contribution >= 4 is 27.6 Å². The zero-order chi connectivity index (χ0) is 28.4. The first kappa shape index (κ1) is 44.0. The van der Waals surface area contributed by atoms with E-state index in [9.17, 15) is 28.5 Å². The van der Waals surface area contributed by atoms with Crippen molar-refractivity contribution < 1.29 is 90.2 Å². The highest BCUT2D eigenvalue weighted by molar-refractivity contribution is 7.45. The van der Waals surface area contributed by atoms with Gasteiger partial charge in [0, 0.05) is 0 Å². The van der Waals surface area contributed by atoms with E-state index in [2.05, 4.69) is 20.5 Å². The second-order valence-electron chi connectivity index (χ2n) is 8.24. The molecule has 2 saturated carbocycles. The van der Waals surface area contributed by atoms with Crippen LogP contribution >= 0.6 is 15.6 Å². The van der Waals surface area contributed by atoms with Crippen LogP contribution in [0.2, 0.25) is 0 Å². The van der Waals surface area contributed by atoms with Crippen LogP contribution in [-0.2, 0) is 27.8 Å². The van der Waals surface area contributed by atoms with Crippen LogP contribution < -0.4 is 21.3 Å². The minimum atomic E-state index is -4.93. The highest BCUT2D eigenvalue weighted by atomic mass is 31.2. The summed E-state index contributed by atoms with van der Waals surface area (Å²) in [5, 5.41) is 32.7. The van der Waals surface area contributed by atoms with Crippen LogP contribution in [0.15, 0.2) is 0 Å². The van der Waals surface area contributed by atoms with Crippen LogP contribution in [0.4, 0.5) is 0 Å². The first-order chi connectivity index (χ1) is 16.4. The first-order valence-corrected chi connectivity index (χ1v) is 14.3. The van der Waals surface area contributed by atoms with Crippen LogP contribution in [0.25, 0.3) is 0 Å². The fraction of sp³-hybridized carbons (Fsp3) is 0.889. The van der Waals surface area contributed by atoms with Gasteiger partial charge in [0.25, 0.3) is 15.6 Å². The summed E-state index contributed by atoms with van der Waals surface area (Å²) in [6.07, 6.45) is 10.2. The van der Waals surface area contributed by atoms with Crippen LogP contribution in [-0.4, -0.2) is 90.6 Å². The molecule has 0 saturated heterocycles. The maximum absolute atomic E-state index is 9.82. The number of carbonyl (C=O) groups is 2. The Morgan fingerprint density at radius 2 is 0.947 bits per heavy atom. The molecule has 0 bridgehead atoms. The van der Waals surface area contributed by atoms with Crippen molar-refractivity contribution in [3.8, 4) is 0 Å². The van der Waals surface area contributed by atoms with Crippen molar-refractivity contribution in [3.05, 3.63) is 0 Å². The molecule has 0 aromatic carbocycles. The maximum atomic E-state index is 9.82. The van der Waals surface area contributed by atoms with Crippen molar-refractivity contribution in [2.75, 3.05) is 13.2 Å². The lowest BCUT2D eigenvalue weighted by Crippen LogP contribution is -2.61. The largest absolute Gasteiger partial charge is 0.756 e. The predicted octanol–water partition coefficient (Wildman–Crippen LogP) is -4.71. The van der Waals surface area contributed by atoms with E-state index in [1.165, 1.54) is 64.2 Å². The standard InChI is InChI=1S/2C6H13N.2C3H7O7P.2H2O/c2*7-6-4-2-1-3-5-6;2*4-2(3(5)6)1-10-11(7,8)9;;/h2*6H,1-5,7H2;2*2,4H,1H2,(H,5,6)(H2,7,8,9);2*1H2/t;;2*2-;;/m..11../s1. The Morgan fingerprint density at radius 3 is 1.08 bits per heavy atom. The van der Waals surface area contributed by atoms with Gasteiger partial charge in [-0.25, -0.2) is 9.59 Å². The normalized spacial score (nSPS) is 20.2. The Balaban J connectivity index is -0.000000203. The van der Waals surface area contributed by atoms with Crippen LogP contribution in [0.1, 0.15) is 64.2 Å². The Hall–Kier alpha value is -1.08. The lowest BCUT2D eigenvalue weighted by molar-refractivity contribution is -0.425. The number of rotatable bonds is 8. The number of phosphoric acid groups is 2. The Morgan fingerprint density at radius 1 is 0.711 bits per heavy atom. The molecule has 0 spiro atoms. The van der Waals surface area contributed by atoms with Crippen molar-refractivity contribution in [1.29, 1.82) is 0 Å². The molecule has 2 unspecified atom stereocenters. The van der Waals surface area contributed by atoms with Gasteiger partial charge in [0.1, 0.15) is 0 Å². The summed E-state index contributed by atoms with van der Waals surface area (Å²) in [7, 11) is -9.87. The molecular weight excluding hydrogens is 562 g/mol. The zero-order valence-electron chi connectivity index (χ0n) is 21.1. The molecule has 232 valence electrons. The van der Waals surface area contributed by atoms with Crippen LogP contribution in [0.5, 0.6) is 0 Å². The minimum absolute atomic E-state index is 0. The Labute approximate surface area is 220 Å². The highest BCUT2D eigenvalue weighted by Gasteiger charge is 2.16. The number of hydrogen-bond donors (Lipinski definition) is 8. The monoisotopic (exact) mass is 606 g/mol. The van der Waals surface area contributed by atoms with E-state index in [0.29, 0.717) is 0 Å². The maximum Gasteiger partial charge on any atom is 0.334 e. The van der Waals surface area contributed by atoms with E-state index in [1.54, 1.807) is 0 Å². The van der Waals surface area contributed by atoms with E-state index >= 15 is 0 Å². The summed E-state index contributed by atoms with van der Waals surface area (Å²) in [4.78, 5) is 55.1. The minimum Gasteiger partial charge on any atom is -0.756 e. The van der Waals surface area contributed by atoms with Crippen LogP contribution in [0.3, 0.4) is 0 Å². The lowest BCUT2D eigenvalue weighted by Gasteiger charge is -2.16. The molecule has 0 aliphatic heterocycles. The van der Waals surface area contributed by atoms with E-state index < -0.39 is 53.0 Å². The molecule has 0 amide bonds. The van der Waals surface area contributed by atoms with Gasteiger partial charge < -0.3 is 71.5 Å². The zero-order valence-corrected chi connectivity index (χ0v) is 22.8. The number of carboxylic acids is 2. The number of carboxylic acid groups (broad SMARTS) is 2. The average molecular weight is 606 g/mol. The van der Waals surface area contributed by atoms with Crippen molar-refractivity contribution in [2.24, 2.45) is 0 Å². The molecule has 0 aromatic heterocycles.